The fourth-order valence-corrected chi connectivity index (χ4v) is 4.66. The average molecular weight is 349 g/mol. The molecule has 2 atom stereocenters. The Bertz CT molecular complexity index is 952. The molecule has 2 unspecified atom stereocenters. The zero-order valence-electron chi connectivity index (χ0n) is 15.0. The Morgan fingerprint density at radius 1 is 1.27 bits per heavy atom. The van der Waals surface area contributed by atoms with Crippen molar-refractivity contribution in [2.45, 2.75) is 44.9 Å². The van der Waals surface area contributed by atoms with Gasteiger partial charge in [-0.1, -0.05) is 0 Å². The van der Waals surface area contributed by atoms with Gasteiger partial charge in [0.05, 0.1) is 23.3 Å². The first-order chi connectivity index (χ1) is 12.7. The lowest BCUT2D eigenvalue weighted by Crippen LogP contribution is -2.31. The van der Waals surface area contributed by atoms with Crippen molar-refractivity contribution in [2.75, 3.05) is 13.1 Å². The van der Waals surface area contributed by atoms with Crippen LogP contribution in [0.3, 0.4) is 0 Å². The zero-order chi connectivity index (χ0) is 17.7. The summed E-state index contributed by atoms with van der Waals surface area (Å²) in [6, 6.07) is 6.48. The van der Waals surface area contributed by atoms with Gasteiger partial charge < -0.3 is 9.67 Å². The van der Waals surface area contributed by atoms with E-state index in [9.17, 15) is 5.11 Å². The summed E-state index contributed by atoms with van der Waals surface area (Å²) in [5, 5.41) is 10.8. The van der Waals surface area contributed by atoms with Crippen LogP contribution in [0.2, 0.25) is 0 Å². The maximum Gasteiger partial charge on any atom is 0.115 e. The van der Waals surface area contributed by atoms with Crippen molar-refractivity contribution in [1.82, 2.24) is 24.4 Å². The van der Waals surface area contributed by atoms with Gasteiger partial charge in [-0.05, 0) is 44.5 Å². The predicted octanol–water partition coefficient (Wildman–Crippen LogP) is 2.56. The first kappa shape index (κ1) is 15.9. The number of pyridine rings is 1. The van der Waals surface area contributed by atoms with E-state index in [0.29, 0.717) is 18.3 Å². The van der Waals surface area contributed by atoms with E-state index >= 15 is 0 Å². The van der Waals surface area contributed by atoms with Gasteiger partial charge in [-0.3, -0.25) is 9.88 Å². The largest absolute Gasteiger partial charge is 0.385 e. The number of aryl methyl sites for hydroxylation is 1. The van der Waals surface area contributed by atoms with Crippen LogP contribution in [0.1, 0.15) is 47.6 Å². The molecule has 6 heteroatoms. The molecular formula is C20H23N5O. The molecule has 0 amide bonds. The minimum absolute atomic E-state index is 0.480. The molecule has 0 aromatic carbocycles. The maximum absolute atomic E-state index is 10.8. The molecule has 134 valence electrons. The fourth-order valence-electron chi connectivity index (χ4n) is 4.66. The smallest absolute Gasteiger partial charge is 0.115 e. The lowest BCUT2D eigenvalue weighted by Gasteiger charge is -2.30. The summed E-state index contributed by atoms with van der Waals surface area (Å²) in [7, 11) is 0. The first-order valence-electron chi connectivity index (χ1n) is 9.39. The number of rotatable bonds is 3. The topological polar surface area (TPSA) is 67.1 Å². The van der Waals surface area contributed by atoms with Gasteiger partial charge in [-0.2, -0.15) is 0 Å². The second-order valence-electron chi connectivity index (χ2n) is 7.39. The molecule has 1 N–H and O–H groups in total. The highest BCUT2D eigenvalue weighted by molar-refractivity contribution is 5.83. The summed E-state index contributed by atoms with van der Waals surface area (Å²) in [6.45, 7) is 4.83. The number of aliphatic hydroxyl groups is 1. The first-order valence-corrected chi connectivity index (χ1v) is 9.39. The van der Waals surface area contributed by atoms with Crippen molar-refractivity contribution >= 4 is 11.0 Å². The van der Waals surface area contributed by atoms with E-state index in [1.165, 1.54) is 37.0 Å². The fraction of sp³-hybridized carbons (Fsp3) is 0.450. The molecule has 0 radical (unpaired) electrons. The highest BCUT2D eigenvalue weighted by Crippen LogP contribution is 2.42. The third-order valence-electron chi connectivity index (χ3n) is 5.83. The molecule has 2 aliphatic heterocycles. The summed E-state index contributed by atoms with van der Waals surface area (Å²) in [6.07, 6.45) is 5.99. The molecule has 3 aromatic heterocycles. The van der Waals surface area contributed by atoms with Crippen LogP contribution in [-0.4, -0.2) is 42.6 Å². The van der Waals surface area contributed by atoms with Gasteiger partial charge in [0, 0.05) is 42.2 Å². The van der Waals surface area contributed by atoms with Gasteiger partial charge in [0.2, 0.25) is 0 Å². The van der Waals surface area contributed by atoms with Gasteiger partial charge in [-0.25, -0.2) is 9.97 Å². The van der Waals surface area contributed by atoms with Crippen LogP contribution in [0.15, 0.2) is 30.7 Å². The van der Waals surface area contributed by atoms with Crippen LogP contribution >= 0.6 is 0 Å². The minimum Gasteiger partial charge on any atom is -0.385 e. The van der Waals surface area contributed by atoms with Crippen molar-refractivity contribution in [3.05, 3.63) is 53.4 Å². The Balaban J connectivity index is 1.64. The van der Waals surface area contributed by atoms with Gasteiger partial charge in [0.1, 0.15) is 12.4 Å². The third-order valence-corrected chi connectivity index (χ3v) is 5.83. The zero-order valence-corrected chi connectivity index (χ0v) is 15.0. The molecular weight excluding hydrogens is 326 g/mol. The van der Waals surface area contributed by atoms with E-state index in [1.807, 2.05) is 6.92 Å². The lowest BCUT2D eigenvalue weighted by molar-refractivity contribution is 0.150. The monoisotopic (exact) mass is 349 g/mol. The van der Waals surface area contributed by atoms with Crippen molar-refractivity contribution in [1.29, 1.82) is 0 Å². The summed E-state index contributed by atoms with van der Waals surface area (Å²) in [4.78, 5) is 15.7. The van der Waals surface area contributed by atoms with Crippen LogP contribution in [0.25, 0.3) is 11.0 Å². The van der Waals surface area contributed by atoms with Crippen LogP contribution in [0, 0.1) is 6.92 Å². The summed E-state index contributed by atoms with van der Waals surface area (Å²) in [5.74, 6) is 0. The number of aliphatic hydroxyl groups excluding tert-OH is 1. The molecule has 5 rings (SSSR count). The second-order valence-corrected chi connectivity index (χ2v) is 7.39. The van der Waals surface area contributed by atoms with E-state index in [4.69, 9.17) is 4.98 Å². The van der Waals surface area contributed by atoms with Crippen LogP contribution in [0.4, 0.5) is 0 Å². The molecule has 2 aliphatic rings. The molecule has 0 spiro atoms. The molecule has 0 aliphatic carbocycles. The molecule has 0 saturated carbocycles. The molecule has 0 bridgehead atoms. The number of nitrogens with zero attached hydrogens (tertiary/aromatic N) is 5. The van der Waals surface area contributed by atoms with Crippen molar-refractivity contribution in [2.24, 2.45) is 0 Å². The SMILES string of the molecule is Cc1ccc2c(n1)c1c(n2CC(O)c2ccncn2)CCN2CCCC12. The summed E-state index contributed by atoms with van der Waals surface area (Å²) < 4.78 is 2.28. The summed E-state index contributed by atoms with van der Waals surface area (Å²) >= 11 is 0. The van der Waals surface area contributed by atoms with Crippen LogP contribution < -0.4 is 0 Å². The van der Waals surface area contributed by atoms with E-state index in [0.717, 1.165) is 29.7 Å². The lowest BCUT2D eigenvalue weighted by atomic mass is 9.98. The second kappa shape index (κ2) is 6.14. The highest BCUT2D eigenvalue weighted by atomic mass is 16.3. The van der Waals surface area contributed by atoms with E-state index in [2.05, 4.69) is 31.6 Å². The van der Waals surface area contributed by atoms with Crippen LogP contribution in [-0.2, 0) is 13.0 Å². The Morgan fingerprint density at radius 3 is 3.04 bits per heavy atom. The number of hydrogen-bond acceptors (Lipinski definition) is 5. The average Bonchev–Trinajstić information content (AvgIpc) is 3.25. The van der Waals surface area contributed by atoms with Gasteiger partial charge in [0.25, 0.3) is 0 Å². The van der Waals surface area contributed by atoms with Crippen molar-refractivity contribution < 1.29 is 5.11 Å². The Hall–Kier alpha value is -2.31. The normalized spacial score (nSPS) is 20.9. The third kappa shape index (κ3) is 2.44. The van der Waals surface area contributed by atoms with Gasteiger partial charge >= 0.3 is 0 Å². The quantitative estimate of drug-likeness (QED) is 0.787. The highest BCUT2D eigenvalue weighted by Gasteiger charge is 2.36. The summed E-state index contributed by atoms with van der Waals surface area (Å²) in [5.41, 5.74) is 6.68. The van der Waals surface area contributed by atoms with Crippen LogP contribution in [0.5, 0.6) is 0 Å². The van der Waals surface area contributed by atoms with E-state index in [-0.39, 0.29) is 0 Å². The predicted molar refractivity (Wildman–Crippen MR) is 98.7 cm³/mol. The Kier molecular flexibility index (Phi) is 3.76. The molecule has 1 saturated heterocycles. The van der Waals surface area contributed by atoms with Crippen molar-refractivity contribution in [3.63, 3.8) is 0 Å². The van der Waals surface area contributed by atoms with Crippen molar-refractivity contribution in [3.8, 4) is 0 Å². The number of aromatic nitrogens is 4. The molecule has 3 aromatic rings. The van der Waals surface area contributed by atoms with Gasteiger partial charge in [0.15, 0.2) is 0 Å². The molecule has 1 fully saturated rings. The molecule has 5 heterocycles. The van der Waals surface area contributed by atoms with E-state index < -0.39 is 6.10 Å². The number of hydrogen-bond donors (Lipinski definition) is 1. The molecule has 6 nitrogen and oxygen atoms in total. The molecule has 26 heavy (non-hydrogen) atoms. The maximum atomic E-state index is 10.8. The minimum atomic E-state index is -0.652. The number of fused-ring (bicyclic) bond motifs is 5. The Morgan fingerprint density at radius 2 is 2.19 bits per heavy atom. The standard InChI is InChI=1S/C20H23N5O/c1-13-4-5-17-20(23-13)19-15-3-2-9-24(15)10-7-16(19)25(17)11-18(26)14-6-8-21-12-22-14/h4-6,8,12,15,18,26H,2-3,7,9-11H2,1H3. The van der Waals surface area contributed by atoms with E-state index in [1.54, 1.807) is 12.3 Å². The Labute approximate surface area is 152 Å². The van der Waals surface area contributed by atoms with Gasteiger partial charge in [-0.15, -0.1) is 0 Å².